The van der Waals surface area contributed by atoms with E-state index in [0.29, 0.717) is 22.8 Å². The molecule has 32 heavy (non-hydrogen) atoms. The molecule has 0 fully saturated rings. The van der Waals surface area contributed by atoms with Gasteiger partial charge in [0.15, 0.2) is 5.76 Å². The zero-order valence-electron chi connectivity index (χ0n) is 17.2. The Morgan fingerprint density at radius 2 is 1.91 bits per heavy atom. The predicted octanol–water partition coefficient (Wildman–Crippen LogP) is 5.85. The molecule has 4 rings (SSSR count). The highest BCUT2D eigenvalue weighted by atomic mass is 19.4. The Hall–Kier alpha value is -3.75. The number of aryl methyl sites for hydroxylation is 1. The maximum absolute atomic E-state index is 12.7. The number of nitrogens with zero attached hydrogens (tertiary/aromatic N) is 2. The number of carbonyl (C=O) groups is 1. The lowest BCUT2D eigenvalue weighted by molar-refractivity contribution is -0.140. The van der Waals surface area contributed by atoms with Crippen LogP contribution in [0, 0.1) is 6.92 Å². The molecule has 9 heteroatoms. The first kappa shape index (κ1) is 21.5. The smallest absolute Gasteiger partial charge is 0.416 e. The molecule has 2 aromatic carbocycles. The van der Waals surface area contributed by atoms with Crippen molar-refractivity contribution in [1.29, 1.82) is 0 Å². The number of aromatic nitrogens is 2. The molecule has 0 aliphatic carbocycles. The zero-order chi connectivity index (χ0) is 23.0. The van der Waals surface area contributed by atoms with Crippen LogP contribution in [0.5, 0.6) is 5.75 Å². The number of oxazole rings is 1. The van der Waals surface area contributed by atoms with Crippen molar-refractivity contribution >= 4 is 16.9 Å². The highest BCUT2D eigenvalue weighted by Gasteiger charge is 2.30. The number of carboxylic acid groups (broad SMARTS) is 1. The van der Waals surface area contributed by atoms with Crippen LogP contribution in [0.2, 0.25) is 0 Å². The maximum Gasteiger partial charge on any atom is 0.416 e. The van der Waals surface area contributed by atoms with E-state index in [1.54, 1.807) is 42.8 Å². The summed E-state index contributed by atoms with van der Waals surface area (Å²) in [5, 5.41) is 10.1. The summed E-state index contributed by atoms with van der Waals surface area (Å²) < 4.78 is 51.4. The molecule has 0 bridgehead atoms. The van der Waals surface area contributed by atoms with Crippen LogP contribution in [-0.2, 0) is 17.6 Å². The average molecular weight is 444 g/mol. The Balaban J connectivity index is 1.49. The zero-order valence-corrected chi connectivity index (χ0v) is 17.2. The first-order valence-electron chi connectivity index (χ1n) is 9.73. The Kier molecular flexibility index (Phi) is 5.41. The SMILES string of the molecule is Cc1nc(-c2ccc(C(F)(F)F)cc2)oc1COc1ccc2c(ccn2C(C)C(=O)O)c1. The molecule has 0 aliphatic rings. The Labute approximate surface area is 180 Å². The first-order chi connectivity index (χ1) is 15.1. The fourth-order valence-corrected chi connectivity index (χ4v) is 3.32. The van der Waals surface area contributed by atoms with Gasteiger partial charge in [0.2, 0.25) is 5.89 Å². The molecule has 6 nitrogen and oxygen atoms in total. The number of halogens is 3. The molecule has 1 N–H and O–H groups in total. The van der Waals surface area contributed by atoms with E-state index in [-0.39, 0.29) is 12.5 Å². The van der Waals surface area contributed by atoms with Crippen LogP contribution >= 0.6 is 0 Å². The normalized spacial score (nSPS) is 12.8. The largest absolute Gasteiger partial charge is 0.486 e. The minimum atomic E-state index is -4.40. The standard InChI is InChI=1S/C23H19F3N2O4/c1-13-20(32-21(27-13)15-3-5-17(6-4-15)23(24,25)26)12-31-18-7-8-19-16(11-18)9-10-28(19)14(2)22(29)30/h3-11,14H,12H2,1-2H3,(H,29,30). The quantitative estimate of drug-likeness (QED) is 0.404. The molecule has 0 radical (unpaired) electrons. The monoisotopic (exact) mass is 444 g/mol. The van der Waals surface area contributed by atoms with Gasteiger partial charge in [0.05, 0.1) is 11.3 Å². The highest BCUT2D eigenvalue weighted by molar-refractivity contribution is 5.84. The van der Waals surface area contributed by atoms with Gasteiger partial charge < -0.3 is 18.8 Å². The molecule has 2 heterocycles. The number of rotatable bonds is 6. The van der Waals surface area contributed by atoms with Crippen LogP contribution in [0.15, 0.2) is 59.1 Å². The number of alkyl halides is 3. The number of ether oxygens (including phenoxy) is 1. The summed E-state index contributed by atoms with van der Waals surface area (Å²) in [6.07, 6.45) is -2.69. The van der Waals surface area contributed by atoms with Gasteiger partial charge >= 0.3 is 12.1 Å². The molecule has 2 aromatic heterocycles. The summed E-state index contributed by atoms with van der Waals surface area (Å²) >= 11 is 0. The van der Waals surface area contributed by atoms with E-state index in [1.165, 1.54) is 12.1 Å². The van der Waals surface area contributed by atoms with E-state index in [9.17, 15) is 23.1 Å². The van der Waals surface area contributed by atoms with Crippen LogP contribution < -0.4 is 4.74 Å². The molecular weight excluding hydrogens is 425 g/mol. The molecule has 0 spiro atoms. The van der Waals surface area contributed by atoms with Crippen LogP contribution in [0.3, 0.4) is 0 Å². The number of aliphatic carboxylic acids is 1. The molecule has 0 saturated heterocycles. The minimum absolute atomic E-state index is 0.0806. The van der Waals surface area contributed by atoms with Crippen molar-refractivity contribution in [3.8, 4) is 17.2 Å². The highest BCUT2D eigenvalue weighted by Crippen LogP contribution is 2.31. The third-order valence-electron chi connectivity index (χ3n) is 5.19. The summed E-state index contributed by atoms with van der Waals surface area (Å²) in [5.41, 5.74) is 1.04. The fraction of sp³-hybridized carbons (Fsp3) is 0.217. The lowest BCUT2D eigenvalue weighted by atomic mass is 10.1. The van der Waals surface area contributed by atoms with Gasteiger partial charge in [-0.15, -0.1) is 0 Å². The number of carboxylic acids is 1. The molecule has 1 unspecified atom stereocenters. The fourth-order valence-electron chi connectivity index (χ4n) is 3.32. The van der Waals surface area contributed by atoms with Gasteiger partial charge in [-0.1, -0.05) is 0 Å². The Bertz CT molecular complexity index is 1270. The molecular formula is C23H19F3N2O4. The Morgan fingerprint density at radius 3 is 2.56 bits per heavy atom. The maximum atomic E-state index is 12.7. The number of hydrogen-bond acceptors (Lipinski definition) is 4. The summed E-state index contributed by atoms with van der Waals surface area (Å²) in [4.78, 5) is 15.5. The third kappa shape index (κ3) is 4.18. The second kappa shape index (κ2) is 8.07. The molecule has 0 saturated carbocycles. The molecule has 0 aliphatic heterocycles. The van der Waals surface area contributed by atoms with Gasteiger partial charge in [-0.2, -0.15) is 13.2 Å². The second-order valence-corrected chi connectivity index (χ2v) is 7.35. The van der Waals surface area contributed by atoms with Crippen LogP contribution in [0.1, 0.15) is 30.0 Å². The van der Waals surface area contributed by atoms with Gasteiger partial charge in [0.25, 0.3) is 0 Å². The van der Waals surface area contributed by atoms with Gasteiger partial charge in [-0.05, 0) is 62.4 Å². The van der Waals surface area contributed by atoms with Crippen LogP contribution in [0.25, 0.3) is 22.4 Å². The van der Waals surface area contributed by atoms with E-state index in [4.69, 9.17) is 9.15 Å². The van der Waals surface area contributed by atoms with Crippen LogP contribution in [0.4, 0.5) is 13.2 Å². The molecule has 1 atom stereocenters. The predicted molar refractivity (Wildman–Crippen MR) is 110 cm³/mol. The molecule has 0 amide bonds. The van der Waals surface area contributed by atoms with Gasteiger partial charge in [-0.3, -0.25) is 0 Å². The van der Waals surface area contributed by atoms with Gasteiger partial charge in [0, 0.05) is 22.7 Å². The molecule has 166 valence electrons. The Morgan fingerprint density at radius 1 is 1.19 bits per heavy atom. The summed E-state index contributed by atoms with van der Waals surface area (Å²) in [6, 6.07) is 11.0. The van der Waals surface area contributed by atoms with E-state index in [1.807, 2.05) is 6.07 Å². The van der Waals surface area contributed by atoms with Crippen molar-refractivity contribution in [3.63, 3.8) is 0 Å². The van der Waals surface area contributed by atoms with Crippen molar-refractivity contribution in [1.82, 2.24) is 9.55 Å². The third-order valence-corrected chi connectivity index (χ3v) is 5.19. The lowest BCUT2D eigenvalue weighted by Crippen LogP contribution is -2.14. The van der Waals surface area contributed by atoms with Crippen molar-refractivity contribution in [2.45, 2.75) is 32.7 Å². The van der Waals surface area contributed by atoms with Crippen molar-refractivity contribution in [2.75, 3.05) is 0 Å². The second-order valence-electron chi connectivity index (χ2n) is 7.35. The van der Waals surface area contributed by atoms with E-state index >= 15 is 0 Å². The van der Waals surface area contributed by atoms with E-state index < -0.39 is 23.8 Å². The lowest BCUT2D eigenvalue weighted by Gasteiger charge is -2.11. The number of hydrogen-bond donors (Lipinski definition) is 1. The first-order valence-corrected chi connectivity index (χ1v) is 9.73. The average Bonchev–Trinajstić information content (AvgIpc) is 3.34. The summed E-state index contributed by atoms with van der Waals surface area (Å²) in [5.74, 6) is 0.305. The van der Waals surface area contributed by atoms with Gasteiger partial charge in [0.1, 0.15) is 18.4 Å². The number of fused-ring (bicyclic) bond motifs is 1. The topological polar surface area (TPSA) is 77.5 Å². The summed E-state index contributed by atoms with van der Waals surface area (Å²) in [6.45, 7) is 3.41. The van der Waals surface area contributed by atoms with Crippen LogP contribution in [-0.4, -0.2) is 20.6 Å². The number of benzene rings is 2. The summed E-state index contributed by atoms with van der Waals surface area (Å²) in [7, 11) is 0. The van der Waals surface area contributed by atoms with E-state index in [2.05, 4.69) is 4.98 Å². The molecule has 4 aromatic rings. The van der Waals surface area contributed by atoms with Crippen molar-refractivity contribution < 1.29 is 32.2 Å². The van der Waals surface area contributed by atoms with Crippen molar-refractivity contribution in [2.24, 2.45) is 0 Å². The minimum Gasteiger partial charge on any atom is -0.486 e. The van der Waals surface area contributed by atoms with E-state index in [0.717, 1.165) is 23.0 Å². The van der Waals surface area contributed by atoms with Crippen molar-refractivity contribution in [3.05, 3.63) is 71.7 Å². The van der Waals surface area contributed by atoms with Gasteiger partial charge in [-0.25, -0.2) is 9.78 Å².